The fourth-order valence-corrected chi connectivity index (χ4v) is 1.85. The average molecular weight is 264 g/mol. The molecule has 0 saturated heterocycles. The molecule has 0 fully saturated rings. The van der Waals surface area contributed by atoms with Crippen LogP contribution in [0.25, 0.3) is 0 Å². The van der Waals surface area contributed by atoms with Gasteiger partial charge >= 0.3 is 6.03 Å². The Morgan fingerprint density at radius 2 is 1.95 bits per heavy atom. The van der Waals surface area contributed by atoms with E-state index in [1.807, 2.05) is 18.2 Å². The van der Waals surface area contributed by atoms with Crippen LogP contribution in [-0.2, 0) is 6.42 Å². The SMILES string of the molecule is C[C@@H](CO)NC(=O)NCC(C)(C)Cc1ccccc1. The molecule has 0 aromatic heterocycles. The van der Waals surface area contributed by atoms with Gasteiger partial charge in [0.1, 0.15) is 0 Å². The maximum Gasteiger partial charge on any atom is 0.315 e. The molecule has 4 heteroatoms. The van der Waals surface area contributed by atoms with Crippen LogP contribution in [0, 0.1) is 5.41 Å². The lowest BCUT2D eigenvalue weighted by Gasteiger charge is -2.25. The Morgan fingerprint density at radius 3 is 2.53 bits per heavy atom. The minimum absolute atomic E-state index is 0.0128. The standard InChI is InChI=1S/C15H24N2O2/c1-12(10-18)17-14(19)16-11-15(2,3)9-13-7-5-4-6-8-13/h4-8,12,18H,9-11H2,1-3H3,(H2,16,17,19)/t12-/m0/s1. The maximum atomic E-state index is 11.6. The molecule has 1 aromatic rings. The quantitative estimate of drug-likeness (QED) is 0.735. The van der Waals surface area contributed by atoms with Crippen LogP contribution in [0.2, 0.25) is 0 Å². The van der Waals surface area contributed by atoms with Gasteiger partial charge in [-0.1, -0.05) is 44.2 Å². The zero-order chi connectivity index (χ0) is 14.3. The highest BCUT2D eigenvalue weighted by molar-refractivity contribution is 5.74. The first-order valence-corrected chi connectivity index (χ1v) is 6.62. The molecule has 0 heterocycles. The molecular weight excluding hydrogens is 240 g/mol. The fourth-order valence-electron chi connectivity index (χ4n) is 1.85. The van der Waals surface area contributed by atoms with Crippen LogP contribution in [0.15, 0.2) is 30.3 Å². The summed E-state index contributed by atoms with van der Waals surface area (Å²) >= 11 is 0. The van der Waals surface area contributed by atoms with Gasteiger partial charge in [0.25, 0.3) is 0 Å². The summed E-state index contributed by atoms with van der Waals surface area (Å²) in [5.74, 6) is 0. The molecule has 0 saturated carbocycles. The fraction of sp³-hybridized carbons (Fsp3) is 0.533. The first kappa shape index (κ1) is 15.5. The highest BCUT2D eigenvalue weighted by Gasteiger charge is 2.19. The van der Waals surface area contributed by atoms with Gasteiger partial charge in [-0.2, -0.15) is 0 Å². The van der Waals surface area contributed by atoms with Crippen molar-refractivity contribution >= 4 is 6.03 Å². The zero-order valence-corrected chi connectivity index (χ0v) is 11.9. The summed E-state index contributed by atoms with van der Waals surface area (Å²) in [5, 5.41) is 14.4. The number of aliphatic hydroxyl groups excluding tert-OH is 1. The minimum Gasteiger partial charge on any atom is -0.394 e. The molecular formula is C15H24N2O2. The van der Waals surface area contributed by atoms with Gasteiger partial charge in [-0.05, 0) is 24.3 Å². The number of hydrogen-bond donors (Lipinski definition) is 3. The topological polar surface area (TPSA) is 61.4 Å². The van der Waals surface area contributed by atoms with Crippen molar-refractivity contribution in [2.75, 3.05) is 13.2 Å². The Morgan fingerprint density at radius 1 is 1.32 bits per heavy atom. The highest BCUT2D eigenvalue weighted by Crippen LogP contribution is 2.20. The normalized spacial score (nSPS) is 12.8. The Labute approximate surface area is 115 Å². The summed E-state index contributed by atoms with van der Waals surface area (Å²) in [7, 11) is 0. The number of urea groups is 1. The van der Waals surface area contributed by atoms with Crippen molar-refractivity contribution in [2.24, 2.45) is 5.41 Å². The Bertz CT molecular complexity index is 390. The molecule has 4 nitrogen and oxygen atoms in total. The van der Waals surface area contributed by atoms with E-state index < -0.39 is 0 Å². The summed E-state index contributed by atoms with van der Waals surface area (Å²) in [6, 6.07) is 9.77. The molecule has 3 N–H and O–H groups in total. The van der Waals surface area contributed by atoms with Crippen molar-refractivity contribution < 1.29 is 9.90 Å². The van der Waals surface area contributed by atoms with Crippen LogP contribution in [0.3, 0.4) is 0 Å². The van der Waals surface area contributed by atoms with E-state index in [1.54, 1.807) is 6.92 Å². The van der Waals surface area contributed by atoms with E-state index in [0.29, 0.717) is 6.54 Å². The number of nitrogens with one attached hydrogen (secondary N) is 2. The maximum absolute atomic E-state index is 11.6. The van der Waals surface area contributed by atoms with Crippen molar-refractivity contribution in [1.82, 2.24) is 10.6 Å². The predicted octanol–water partition coefficient (Wildman–Crippen LogP) is 1.94. The Balaban J connectivity index is 2.40. The van der Waals surface area contributed by atoms with Crippen LogP contribution in [0.1, 0.15) is 26.3 Å². The third-order valence-corrected chi connectivity index (χ3v) is 2.90. The van der Waals surface area contributed by atoms with Crippen LogP contribution in [0.4, 0.5) is 4.79 Å². The number of carbonyl (C=O) groups is 1. The van der Waals surface area contributed by atoms with E-state index in [4.69, 9.17) is 5.11 Å². The van der Waals surface area contributed by atoms with Gasteiger partial charge in [0.2, 0.25) is 0 Å². The summed E-state index contributed by atoms with van der Waals surface area (Å²) < 4.78 is 0. The van der Waals surface area contributed by atoms with Crippen molar-refractivity contribution in [2.45, 2.75) is 33.2 Å². The molecule has 0 radical (unpaired) electrons. The van der Waals surface area contributed by atoms with Gasteiger partial charge in [0.05, 0.1) is 12.6 Å². The smallest absolute Gasteiger partial charge is 0.315 e. The molecule has 1 rings (SSSR count). The van der Waals surface area contributed by atoms with Gasteiger partial charge in [-0.15, -0.1) is 0 Å². The molecule has 0 aliphatic rings. The van der Waals surface area contributed by atoms with Crippen LogP contribution in [-0.4, -0.2) is 30.3 Å². The van der Waals surface area contributed by atoms with Gasteiger partial charge in [-0.25, -0.2) is 4.79 Å². The van der Waals surface area contributed by atoms with E-state index in [-0.39, 0.29) is 24.1 Å². The van der Waals surface area contributed by atoms with E-state index in [0.717, 1.165) is 6.42 Å². The second kappa shape index (κ2) is 7.14. The summed E-state index contributed by atoms with van der Waals surface area (Å²) in [5.41, 5.74) is 1.25. The lowest BCUT2D eigenvalue weighted by atomic mass is 9.86. The highest BCUT2D eigenvalue weighted by atomic mass is 16.3. The molecule has 0 aliphatic heterocycles. The second-order valence-corrected chi connectivity index (χ2v) is 5.74. The number of benzene rings is 1. The number of carbonyl (C=O) groups excluding carboxylic acids is 1. The van der Waals surface area contributed by atoms with Crippen LogP contribution < -0.4 is 10.6 Å². The summed E-state index contributed by atoms with van der Waals surface area (Å²) in [6.07, 6.45) is 0.906. The molecule has 0 spiro atoms. The number of aliphatic hydroxyl groups is 1. The molecule has 19 heavy (non-hydrogen) atoms. The van der Waals surface area contributed by atoms with Crippen molar-refractivity contribution in [3.05, 3.63) is 35.9 Å². The monoisotopic (exact) mass is 264 g/mol. The Kier molecular flexibility index (Phi) is 5.83. The number of hydrogen-bond acceptors (Lipinski definition) is 2. The lowest BCUT2D eigenvalue weighted by Crippen LogP contribution is -2.45. The molecule has 2 amide bonds. The van der Waals surface area contributed by atoms with Crippen molar-refractivity contribution in [3.8, 4) is 0 Å². The van der Waals surface area contributed by atoms with E-state index in [9.17, 15) is 4.79 Å². The zero-order valence-electron chi connectivity index (χ0n) is 11.9. The average Bonchev–Trinajstić information content (AvgIpc) is 2.37. The third kappa shape index (κ3) is 6.25. The molecule has 0 bridgehead atoms. The Hall–Kier alpha value is -1.55. The van der Waals surface area contributed by atoms with Gasteiger partial charge < -0.3 is 15.7 Å². The second-order valence-electron chi connectivity index (χ2n) is 5.74. The molecule has 1 atom stereocenters. The molecule has 1 aromatic carbocycles. The van der Waals surface area contributed by atoms with E-state index >= 15 is 0 Å². The lowest BCUT2D eigenvalue weighted by molar-refractivity contribution is 0.215. The van der Waals surface area contributed by atoms with Crippen molar-refractivity contribution in [3.63, 3.8) is 0 Å². The first-order valence-electron chi connectivity index (χ1n) is 6.62. The summed E-state index contributed by atoms with van der Waals surface area (Å²) in [6.45, 7) is 6.53. The van der Waals surface area contributed by atoms with Crippen LogP contribution >= 0.6 is 0 Å². The van der Waals surface area contributed by atoms with E-state index in [2.05, 4.69) is 36.6 Å². The van der Waals surface area contributed by atoms with Gasteiger partial charge in [0, 0.05) is 6.54 Å². The number of rotatable bonds is 6. The largest absolute Gasteiger partial charge is 0.394 e. The molecule has 106 valence electrons. The molecule has 0 aliphatic carbocycles. The minimum atomic E-state index is -0.234. The number of amides is 2. The van der Waals surface area contributed by atoms with Gasteiger partial charge in [-0.3, -0.25) is 0 Å². The molecule has 0 unspecified atom stereocenters. The third-order valence-electron chi connectivity index (χ3n) is 2.90. The van der Waals surface area contributed by atoms with E-state index in [1.165, 1.54) is 5.56 Å². The van der Waals surface area contributed by atoms with Crippen molar-refractivity contribution in [1.29, 1.82) is 0 Å². The predicted molar refractivity (Wildman–Crippen MR) is 77.0 cm³/mol. The van der Waals surface area contributed by atoms with Crippen LogP contribution in [0.5, 0.6) is 0 Å². The summed E-state index contributed by atoms with van der Waals surface area (Å²) in [4.78, 5) is 11.6. The van der Waals surface area contributed by atoms with Gasteiger partial charge in [0.15, 0.2) is 0 Å². The first-order chi connectivity index (χ1) is 8.93.